The van der Waals surface area contributed by atoms with Gasteiger partial charge in [0.25, 0.3) is 0 Å². The Labute approximate surface area is 398 Å². The molecule has 11 rings (SSSR count). The molecular formula is C59H54N2S2Si2. The molecule has 320 valence electrons. The monoisotopic (exact) mass is 913 g/mol. The molecule has 6 heteroatoms. The van der Waals surface area contributed by atoms with E-state index in [2.05, 4.69) is 222 Å². The van der Waals surface area contributed by atoms with Crippen LogP contribution < -0.4 is 31.1 Å². The van der Waals surface area contributed by atoms with Crippen LogP contribution in [0.15, 0.2) is 192 Å². The van der Waals surface area contributed by atoms with Gasteiger partial charge in [0.2, 0.25) is 0 Å². The summed E-state index contributed by atoms with van der Waals surface area (Å²) in [6.07, 6.45) is 0. The number of rotatable bonds is 6. The molecule has 0 radical (unpaired) electrons. The molecule has 65 heavy (non-hydrogen) atoms. The molecule has 0 aliphatic carbocycles. The van der Waals surface area contributed by atoms with Gasteiger partial charge in [0.15, 0.2) is 13.0 Å². The lowest BCUT2D eigenvalue weighted by Gasteiger charge is -2.37. The number of hydrogen-bond acceptors (Lipinski definition) is 3. The second-order valence-electron chi connectivity index (χ2n) is 19.9. The van der Waals surface area contributed by atoms with Gasteiger partial charge in [-0.05, 0) is 94.0 Å². The molecule has 0 amide bonds. The van der Waals surface area contributed by atoms with Crippen molar-refractivity contribution in [1.29, 1.82) is 0 Å². The van der Waals surface area contributed by atoms with Crippen molar-refractivity contribution >= 4 is 96.6 Å². The van der Waals surface area contributed by atoms with Crippen LogP contribution in [0.25, 0.3) is 48.5 Å². The first kappa shape index (κ1) is 38.5. The molecule has 3 heterocycles. The largest absolute Gasteiger partial charge is 0.283 e. The summed E-state index contributed by atoms with van der Waals surface area (Å²) in [7, 11) is -6.40. The first-order valence-corrected chi connectivity index (χ1v) is 28.8. The Kier molecular flexibility index (Phi) is 9.13. The molecule has 0 saturated heterocycles. The van der Waals surface area contributed by atoms with Crippen molar-refractivity contribution in [3.05, 3.63) is 193 Å². The van der Waals surface area contributed by atoms with Crippen LogP contribution >= 0.6 is 23.1 Å². The van der Waals surface area contributed by atoms with Crippen LogP contribution in [-0.4, -0.2) is 25.5 Å². The van der Waals surface area contributed by atoms with Crippen LogP contribution in [0.1, 0.15) is 56.8 Å². The topological polar surface area (TPSA) is 17.3 Å². The Hall–Kier alpha value is -5.77. The normalized spacial score (nSPS) is 16.3. The highest BCUT2D eigenvalue weighted by atomic mass is 32.2. The molecule has 0 bridgehead atoms. The molecule has 10 aromatic rings. The Balaban J connectivity index is 1.22. The first-order valence-electron chi connectivity index (χ1n) is 24.1. The van der Waals surface area contributed by atoms with Crippen molar-refractivity contribution in [2.24, 2.45) is 0 Å². The summed E-state index contributed by atoms with van der Waals surface area (Å²) >= 11 is 3.51. The molecule has 1 unspecified atom stereocenters. The molecule has 2 nitrogen and oxygen atoms in total. The maximum Gasteiger partial charge on any atom is 0.195 e. The van der Waals surface area contributed by atoms with Crippen LogP contribution in [-0.2, 0) is 10.8 Å². The minimum absolute atomic E-state index is 0.152. The Morgan fingerprint density at radius 1 is 0.523 bits per heavy atom. The second kappa shape index (κ2) is 15.4. The van der Waals surface area contributed by atoms with Gasteiger partial charge in [-0.2, -0.15) is 0 Å². The lowest BCUT2D eigenvalue weighted by Crippen LogP contribution is -2.74. The number of hydrogen-bond donors (Lipinski definition) is 0. The molecule has 0 N–H and O–H groups in total. The Morgan fingerprint density at radius 3 is 1.71 bits per heavy atom. The minimum Gasteiger partial charge on any atom is -0.283 e. The van der Waals surface area contributed by atoms with Crippen molar-refractivity contribution in [3.8, 4) is 22.3 Å². The zero-order valence-electron chi connectivity index (χ0n) is 41.0. The van der Waals surface area contributed by atoms with Gasteiger partial charge in [-0.15, -0.1) is 0 Å². The highest BCUT2D eigenvalue weighted by molar-refractivity contribution is 8.00. The molecule has 0 spiro atoms. The highest BCUT2D eigenvalue weighted by Gasteiger charge is 2.44. The average molecular weight is 914 g/mol. The van der Waals surface area contributed by atoms with Gasteiger partial charge >= 0.3 is 0 Å². The van der Waals surface area contributed by atoms with E-state index >= 15 is 0 Å². The van der Waals surface area contributed by atoms with Crippen LogP contribution in [0, 0.1) is 0 Å². The number of thiazole rings is 1. The van der Waals surface area contributed by atoms with Crippen LogP contribution in [0.4, 0.5) is 0 Å². The Bertz CT molecular complexity index is 3540. The molecule has 1 atom stereocenters. The van der Waals surface area contributed by atoms with E-state index in [0.29, 0.717) is 0 Å². The van der Waals surface area contributed by atoms with E-state index in [9.17, 15) is 0 Å². The summed E-state index contributed by atoms with van der Waals surface area (Å²) in [5.74, 6) is 0. The van der Waals surface area contributed by atoms with E-state index in [1.807, 2.05) is 12.1 Å². The summed E-state index contributed by atoms with van der Waals surface area (Å²) < 4.78 is 30.9. The standard InChI is InChI=1S/C59H54N2S2Si2/c1-58(2,3)47-35-33-41(37-45(47)43-25-19-29-51-55(43)63-57-60-49-27-15-16-28-50(49)61(51)57)65(39-21-11-9-12-22-39,40-23-13-10-14-24-40)42-34-36-48(59(4,5)6)46(38-42)44-26-20-32-54-56(44)62-52-30-17-18-31-53(52)64(54,7)8/h9-38H,1-8H3/i7D3. The van der Waals surface area contributed by atoms with Crippen molar-refractivity contribution in [3.63, 3.8) is 0 Å². The maximum absolute atomic E-state index is 9.12. The van der Waals surface area contributed by atoms with Crippen LogP contribution in [0.2, 0.25) is 13.0 Å². The number of benzene rings is 8. The molecule has 0 fully saturated rings. The summed E-state index contributed by atoms with van der Waals surface area (Å²) in [5.41, 5.74) is 10.2. The van der Waals surface area contributed by atoms with E-state index in [-0.39, 0.29) is 10.8 Å². The van der Waals surface area contributed by atoms with Gasteiger partial charge in [0, 0.05) is 19.5 Å². The smallest absolute Gasteiger partial charge is 0.195 e. The highest BCUT2D eigenvalue weighted by Crippen LogP contribution is 2.44. The fraction of sp³-hybridized carbons (Fsp3) is 0.169. The predicted molar refractivity (Wildman–Crippen MR) is 287 cm³/mol. The molecule has 1 aliphatic heterocycles. The second-order valence-corrected chi connectivity index (χ2v) is 29.0. The molecule has 8 aromatic carbocycles. The zero-order chi connectivity index (χ0) is 47.4. The SMILES string of the molecule is [2H]C([2H])([2H])[Si]1(C)c2ccccc2Sc2c(-c3cc([Si](c4ccccc4)(c4ccccc4)c4ccc(C(C)(C)C)c(-c5cccc6c5sc5nc7ccccc7n56)c4)ccc3C(C)(C)C)cccc21. The molecule has 1 aliphatic rings. The van der Waals surface area contributed by atoms with E-state index in [1.54, 1.807) is 23.1 Å². The van der Waals surface area contributed by atoms with Crippen molar-refractivity contribution < 1.29 is 4.11 Å². The minimum atomic E-state index is -3.23. The third-order valence-corrected chi connectivity index (χ3v) is 24.1. The quantitative estimate of drug-likeness (QED) is 0.122. The fourth-order valence-corrected chi connectivity index (χ4v) is 21.4. The number of imidazole rings is 1. The van der Waals surface area contributed by atoms with Crippen molar-refractivity contribution in [2.45, 2.75) is 75.2 Å². The molecule has 2 aromatic heterocycles. The third-order valence-electron chi connectivity index (χ3n) is 13.7. The summed E-state index contributed by atoms with van der Waals surface area (Å²) in [6, 6.07) is 67.1. The van der Waals surface area contributed by atoms with Crippen LogP contribution in [0.3, 0.4) is 0 Å². The van der Waals surface area contributed by atoms with E-state index in [4.69, 9.17) is 9.10 Å². The first-order chi connectivity index (χ1) is 32.5. The third kappa shape index (κ3) is 6.66. The van der Waals surface area contributed by atoms with Gasteiger partial charge < -0.3 is 0 Å². The lowest BCUT2D eigenvalue weighted by atomic mass is 9.82. The lowest BCUT2D eigenvalue weighted by molar-refractivity contribution is 0.592. The number of nitrogens with zero attached hydrogens (tertiary/aromatic N) is 2. The van der Waals surface area contributed by atoms with Crippen molar-refractivity contribution in [2.75, 3.05) is 0 Å². The van der Waals surface area contributed by atoms with Gasteiger partial charge in [-0.25, -0.2) is 4.98 Å². The molecule has 0 saturated carbocycles. The number of para-hydroxylation sites is 2. The number of fused-ring (bicyclic) bond motifs is 7. The zero-order valence-corrected chi connectivity index (χ0v) is 41.7. The fourth-order valence-electron chi connectivity index (χ4n) is 10.6. The van der Waals surface area contributed by atoms with Gasteiger partial charge in [-0.1, -0.05) is 235 Å². The average Bonchev–Trinajstić information content (AvgIpc) is 3.88. The number of aromatic nitrogens is 2. The van der Waals surface area contributed by atoms with Crippen molar-refractivity contribution in [1.82, 2.24) is 9.38 Å². The van der Waals surface area contributed by atoms with E-state index < -0.39 is 22.6 Å². The predicted octanol–water partition coefficient (Wildman–Crippen LogP) is 12.3. The molecular weight excluding hydrogens is 857 g/mol. The summed E-state index contributed by atoms with van der Waals surface area (Å²) in [5, 5.41) is 7.17. The van der Waals surface area contributed by atoms with E-state index in [0.717, 1.165) is 47.3 Å². The van der Waals surface area contributed by atoms with Gasteiger partial charge in [0.1, 0.15) is 8.07 Å². The van der Waals surface area contributed by atoms with Gasteiger partial charge in [-0.3, -0.25) is 4.40 Å². The Morgan fingerprint density at radius 2 is 1.06 bits per heavy atom. The van der Waals surface area contributed by atoms with Gasteiger partial charge in [0.05, 0.1) is 21.3 Å². The van der Waals surface area contributed by atoms with E-state index in [1.165, 1.54) is 53.2 Å². The van der Waals surface area contributed by atoms with Crippen LogP contribution in [0.5, 0.6) is 0 Å². The maximum atomic E-state index is 9.12. The summed E-state index contributed by atoms with van der Waals surface area (Å²) in [6.45, 7) is 13.8. The summed E-state index contributed by atoms with van der Waals surface area (Å²) in [4.78, 5) is 8.24.